The third-order valence-electron chi connectivity index (χ3n) is 3.66. The fourth-order valence-corrected chi connectivity index (χ4v) is 2.36. The SMILES string of the molecule is CC1CNCCC1CNC(=O)c1ccc(F)cc1F. The molecule has 1 amide bonds. The van der Waals surface area contributed by atoms with Gasteiger partial charge in [0, 0.05) is 12.6 Å². The van der Waals surface area contributed by atoms with Crippen molar-refractivity contribution in [2.24, 2.45) is 11.8 Å². The van der Waals surface area contributed by atoms with Gasteiger partial charge < -0.3 is 10.6 Å². The number of nitrogens with one attached hydrogen (secondary N) is 2. The highest BCUT2D eigenvalue weighted by atomic mass is 19.1. The number of hydrogen-bond donors (Lipinski definition) is 2. The molecule has 19 heavy (non-hydrogen) atoms. The minimum atomic E-state index is -0.823. The van der Waals surface area contributed by atoms with Crippen LogP contribution in [-0.4, -0.2) is 25.5 Å². The maximum absolute atomic E-state index is 13.4. The molecule has 0 spiro atoms. The highest BCUT2D eigenvalue weighted by molar-refractivity contribution is 5.94. The van der Waals surface area contributed by atoms with Gasteiger partial charge in [-0.25, -0.2) is 8.78 Å². The number of halogens is 2. The van der Waals surface area contributed by atoms with Crippen molar-refractivity contribution in [3.63, 3.8) is 0 Å². The van der Waals surface area contributed by atoms with E-state index in [2.05, 4.69) is 17.6 Å². The van der Waals surface area contributed by atoms with Crippen LogP contribution in [0.25, 0.3) is 0 Å². The van der Waals surface area contributed by atoms with Crippen LogP contribution in [0, 0.1) is 23.5 Å². The van der Waals surface area contributed by atoms with Gasteiger partial charge in [-0.05, 0) is 43.5 Å². The molecule has 1 aliphatic rings. The second-order valence-electron chi connectivity index (χ2n) is 5.06. The second-order valence-corrected chi connectivity index (χ2v) is 5.06. The molecule has 1 heterocycles. The number of amides is 1. The minimum absolute atomic E-state index is 0.108. The first-order valence-corrected chi connectivity index (χ1v) is 6.52. The third-order valence-corrected chi connectivity index (χ3v) is 3.66. The van der Waals surface area contributed by atoms with Crippen molar-refractivity contribution in [2.45, 2.75) is 13.3 Å². The Bertz CT molecular complexity index is 465. The zero-order chi connectivity index (χ0) is 13.8. The Morgan fingerprint density at radius 1 is 1.47 bits per heavy atom. The van der Waals surface area contributed by atoms with E-state index in [4.69, 9.17) is 0 Å². The van der Waals surface area contributed by atoms with Crippen LogP contribution < -0.4 is 10.6 Å². The number of carbonyl (C=O) groups is 1. The van der Waals surface area contributed by atoms with Gasteiger partial charge in [0.15, 0.2) is 0 Å². The van der Waals surface area contributed by atoms with Crippen molar-refractivity contribution < 1.29 is 13.6 Å². The fourth-order valence-electron chi connectivity index (χ4n) is 2.36. The topological polar surface area (TPSA) is 41.1 Å². The molecule has 2 atom stereocenters. The van der Waals surface area contributed by atoms with Crippen LogP contribution in [-0.2, 0) is 0 Å². The highest BCUT2D eigenvalue weighted by Crippen LogP contribution is 2.18. The molecular weight excluding hydrogens is 250 g/mol. The first kappa shape index (κ1) is 13.9. The van der Waals surface area contributed by atoms with Gasteiger partial charge in [0.05, 0.1) is 5.56 Å². The fraction of sp³-hybridized carbons (Fsp3) is 0.500. The van der Waals surface area contributed by atoms with Gasteiger partial charge >= 0.3 is 0 Å². The molecule has 1 aliphatic heterocycles. The number of piperidine rings is 1. The zero-order valence-electron chi connectivity index (χ0n) is 10.9. The lowest BCUT2D eigenvalue weighted by Gasteiger charge is -2.29. The van der Waals surface area contributed by atoms with Crippen LogP contribution in [0.3, 0.4) is 0 Å². The summed E-state index contributed by atoms with van der Waals surface area (Å²) in [5, 5.41) is 6.01. The van der Waals surface area contributed by atoms with Crippen molar-refractivity contribution >= 4 is 5.91 Å². The Morgan fingerprint density at radius 2 is 2.26 bits per heavy atom. The van der Waals surface area contributed by atoms with E-state index in [1.54, 1.807) is 0 Å². The molecule has 2 unspecified atom stereocenters. The number of rotatable bonds is 3. The first-order chi connectivity index (χ1) is 9.08. The van der Waals surface area contributed by atoms with Gasteiger partial charge in [-0.3, -0.25) is 4.79 Å². The largest absolute Gasteiger partial charge is 0.352 e. The number of benzene rings is 1. The summed E-state index contributed by atoms with van der Waals surface area (Å²) in [6, 6.07) is 2.99. The molecule has 0 bridgehead atoms. The van der Waals surface area contributed by atoms with E-state index in [0.29, 0.717) is 18.4 Å². The van der Waals surface area contributed by atoms with E-state index in [1.807, 2.05) is 0 Å². The van der Waals surface area contributed by atoms with Crippen LogP contribution in [0.2, 0.25) is 0 Å². The van der Waals surface area contributed by atoms with Gasteiger partial charge in [-0.2, -0.15) is 0 Å². The van der Waals surface area contributed by atoms with Gasteiger partial charge in [0.1, 0.15) is 11.6 Å². The van der Waals surface area contributed by atoms with Crippen LogP contribution in [0.15, 0.2) is 18.2 Å². The van der Waals surface area contributed by atoms with E-state index in [1.165, 1.54) is 6.07 Å². The molecule has 1 aromatic rings. The molecule has 104 valence electrons. The zero-order valence-corrected chi connectivity index (χ0v) is 10.9. The van der Waals surface area contributed by atoms with E-state index in [-0.39, 0.29) is 5.56 Å². The van der Waals surface area contributed by atoms with Crippen LogP contribution in [0.1, 0.15) is 23.7 Å². The molecule has 1 fully saturated rings. The second kappa shape index (κ2) is 6.10. The van der Waals surface area contributed by atoms with Gasteiger partial charge in [-0.15, -0.1) is 0 Å². The lowest BCUT2D eigenvalue weighted by atomic mass is 9.88. The number of carbonyl (C=O) groups excluding carboxylic acids is 1. The molecular formula is C14H18F2N2O. The van der Waals surface area contributed by atoms with Crippen molar-refractivity contribution in [2.75, 3.05) is 19.6 Å². The predicted octanol–water partition coefficient (Wildman–Crippen LogP) is 1.94. The molecule has 1 saturated heterocycles. The van der Waals surface area contributed by atoms with Crippen LogP contribution in [0.4, 0.5) is 8.78 Å². The van der Waals surface area contributed by atoms with E-state index >= 15 is 0 Å². The van der Waals surface area contributed by atoms with Gasteiger partial charge in [0.25, 0.3) is 5.91 Å². The van der Waals surface area contributed by atoms with E-state index in [0.717, 1.165) is 31.6 Å². The first-order valence-electron chi connectivity index (χ1n) is 6.52. The van der Waals surface area contributed by atoms with Crippen molar-refractivity contribution in [3.8, 4) is 0 Å². The molecule has 0 aliphatic carbocycles. The summed E-state index contributed by atoms with van der Waals surface area (Å²) in [7, 11) is 0. The number of hydrogen-bond acceptors (Lipinski definition) is 2. The molecule has 1 aromatic carbocycles. The monoisotopic (exact) mass is 268 g/mol. The smallest absolute Gasteiger partial charge is 0.254 e. The summed E-state index contributed by atoms with van der Waals surface area (Å²) in [6.07, 6.45) is 0.993. The van der Waals surface area contributed by atoms with Crippen molar-refractivity contribution in [1.82, 2.24) is 10.6 Å². The van der Waals surface area contributed by atoms with Gasteiger partial charge in [-0.1, -0.05) is 6.92 Å². The molecule has 0 saturated carbocycles. The lowest BCUT2D eigenvalue weighted by Crippen LogP contribution is -2.41. The Kier molecular flexibility index (Phi) is 4.47. The maximum Gasteiger partial charge on any atom is 0.254 e. The Hall–Kier alpha value is -1.49. The molecule has 0 radical (unpaired) electrons. The summed E-state index contributed by atoms with van der Waals surface area (Å²) < 4.78 is 26.2. The predicted molar refractivity (Wildman–Crippen MR) is 68.8 cm³/mol. The van der Waals surface area contributed by atoms with E-state index < -0.39 is 17.5 Å². The minimum Gasteiger partial charge on any atom is -0.352 e. The van der Waals surface area contributed by atoms with Crippen LogP contribution in [0.5, 0.6) is 0 Å². The maximum atomic E-state index is 13.4. The molecule has 3 nitrogen and oxygen atoms in total. The lowest BCUT2D eigenvalue weighted by molar-refractivity contribution is 0.0934. The molecule has 5 heteroatoms. The average molecular weight is 268 g/mol. The summed E-state index contributed by atoms with van der Waals surface area (Å²) in [6.45, 7) is 4.53. The molecule has 2 N–H and O–H groups in total. The summed E-state index contributed by atoms with van der Waals surface area (Å²) in [4.78, 5) is 11.8. The molecule has 0 aromatic heterocycles. The van der Waals surface area contributed by atoms with E-state index in [9.17, 15) is 13.6 Å². The van der Waals surface area contributed by atoms with Crippen LogP contribution >= 0.6 is 0 Å². The Labute approximate surface area is 111 Å². The standard InChI is InChI=1S/C14H18F2N2O/c1-9-7-17-5-4-10(9)8-18-14(19)12-3-2-11(15)6-13(12)16/h2-3,6,9-10,17H,4-5,7-8H2,1H3,(H,18,19). The highest BCUT2D eigenvalue weighted by Gasteiger charge is 2.22. The summed E-state index contributed by atoms with van der Waals surface area (Å²) in [5.74, 6) is -1.11. The third kappa shape index (κ3) is 3.50. The molecule has 2 rings (SSSR count). The van der Waals surface area contributed by atoms with Crippen molar-refractivity contribution in [1.29, 1.82) is 0 Å². The normalized spacial score (nSPS) is 23.1. The summed E-state index contributed by atoms with van der Waals surface area (Å²) in [5.41, 5.74) is -0.108. The summed E-state index contributed by atoms with van der Waals surface area (Å²) >= 11 is 0. The quantitative estimate of drug-likeness (QED) is 0.879. The Balaban J connectivity index is 1.93. The van der Waals surface area contributed by atoms with Gasteiger partial charge in [0.2, 0.25) is 0 Å². The Morgan fingerprint density at radius 3 is 2.95 bits per heavy atom. The average Bonchev–Trinajstić information content (AvgIpc) is 2.37. The van der Waals surface area contributed by atoms with Crippen molar-refractivity contribution in [3.05, 3.63) is 35.4 Å².